The summed E-state index contributed by atoms with van der Waals surface area (Å²) in [5.74, 6) is 0. The van der Waals surface area contributed by atoms with E-state index in [9.17, 15) is 15.2 Å². The first-order valence-corrected chi connectivity index (χ1v) is 6.86. The number of piperidine rings is 1. The van der Waals surface area contributed by atoms with Crippen molar-refractivity contribution in [2.24, 2.45) is 0 Å². The van der Waals surface area contributed by atoms with Crippen molar-refractivity contribution in [2.45, 2.75) is 18.6 Å². The lowest BCUT2D eigenvalue weighted by Gasteiger charge is -2.30. The molecule has 0 saturated carbocycles. The Labute approximate surface area is 123 Å². The van der Waals surface area contributed by atoms with E-state index in [-0.39, 0.29) is 17.3 Å². The Morgan fingerprint density at radius 1 is 1.60 bits per heavy atom. The van der Waals surface area contributed by atoms with Gasteiger partial charge in [-0.2, -0.15) is 5.26 Å². The highest BCUT2D eigenvalue weighted by Gasteiger charge is 2.25. The van der Waals surface area contributed by atoms with Gasteiger partial charge in [0.2, 0.25) is 0 Å². The van der Waals surface area contributed by atoms with Gasteiger partial charge in [0.15, 0.2) is 0 Å². The van der Waals surface area contributed by atoms with E-state index in [4.69, 9.17) is 5.26 Å². The number of hydrogen-bond donors (Lipinski definition) is 3. The third-order valence-corrected chi connectivity index (χ3v) is 4.04. The number of nitrogens with zero attached hydrogens (tertiary/aromatic N) is 2. The highest BCUT2D eigenvalue weighted by atomic mass is 79.9. The molecular formula is C12H13BrN4O3. The molecule has 2 rings (SSSR count). The molecule has 1 aromatic carbocycles. The Morgan fingerprint density at radius 2 is 2.35 bits per heavy atom. The quantitative estimate of drug-likeness (QED) is 0.565. The molecule has 0 aromatic heterocycles. The number of rotatable bonds is 3. The van der Waals surface area contributed by atoms with E-state index in [1.54, 1.807) is 0 Å². The smallest absolute Gasteiger partial charge is 0.288 e. The Hall–Kier alpha value is -1.69. The van der Waals surface area contributed by atoms with Gasteiger partial charge in [-0.05, 0) is 35.0 Å². The first-order chi connectivity index (χ1) is 9.54. The van der Waals surface area contributed by atoms with Crippen molar-refractivity contribution in [3.63, 3.8) is 0 Å². The summed E-state index contributed by atoms with van der Waals surface area (Å²) in [6.45, 7) is 1.34. The lowest BCUT2D eigenvalue weighted by molar-refractivity contribution is -0.385. The van der Waals surface area contributed by atoms with Gasteiger partial charge in [-0.15, -0.1) is 0 Å². The van der Waals surface area contributed by atoms with E-state index in [0.29, 0.717) is 23.1 Å². The SMILES string of the molecule is N#Cc1c([N+](=O)[O-])ccc(NC2CNCCC2O)c1Br. The molecule has 1 heterocycles. The van der Waals surface area contributed by atoms with Crippen molar-refractivity contribution in [1.29, 1.82) is 5.26 Å². The number of anilines is 1. The summed E-state index contributed by atoms with van der Waals surface area (Å²) in [7, 11) is 0. The van der Waals surface area contributed by atoms with Gasteiger partial charge >= 0.3 is 0 Å². The third kappa shape index (κ3) is 2.90. The number of nitrogens with one attached hydrogen (secondary N) is 2. The average molecular weight is 341 g/mol. The largest absolute Gasteiger partial charge is 0.391 e. The van der Waals surface area contributed by atoms with Crippen LogP contribution in [-0.2, 0) is 0 Å². The molecule has 0 aliphatic carbocycles. The summed E-state index contributed by atoms with van der Waals surface area (Å²) in [5, 5.41) is 36.1. The van der Waals surface area contributed by atoms with Crippen LogP contribution in [0.1, 0.15) is 12.0 Å². The van der Waals surface area contributed by atoms with Crippen LogP contribution in [0, 0.1) is 21.4 Å². The second kappa shape index (κ2) is 6.17. The normalized spacial score (nSPS) is 22.1. The minimum Gasteiger partial charge on any atom is -0.391 e. The molecule has 1 aromatic rings. The number of nitro groups is 1. The first kappa shape index (κ1) is 14.7. The zero-order valence-electron chi connectivity index (χ0n) is 10.5. The predicted molar refractivity (Wildman–Crippen MR) is 76.4 cm³/mol. The van der Waals surface area contributed by atoms with Gasteiger partial charge < -0.3 is 15.7 Å². The van der Waals surface area contributed by atoms with Gasteiger partial charge in [0.1, 0.15) is 11.6 Å². The molecule has 1 aliphatic heterocycles. The molecule has 8 heteroatoms. The van der Waals surface area contributed by atoms with Crippen LogP contribution < -0.4 is 10.6 Å². The number of hydrogen-bond acceptors (Lipinski definition) is 6. The van der Waals surface area contributed by atoms with Crippen LogP contribution >= 0.6 is 15.9 Å². The second-order valence-corrected chi connectivity index (χ2v) is 5.29. The average Bonchev–Trinajstić information content (AvgIpc) is 2.42. The molecule has 2 atom stereocenters. The minimum atomic E-state index is -0.593. The fraction of sp³-hybridized carbons (Fsp3) is 0.417. The number of benzene rings is 1. The van der Waals surface area contributed by atoms with Crippen molar-refractivity contribution in [3.05, 3.63) is 32.3 Å². The molecule has 2 unspecified atom stereocenters. The molecular weight excluding hydrogens is 328 g/mol. The Morgan fingerprint density at radius 3 is 2.95 bits per heavy atom. The Kier molecular flexibility index (Phi) is 4.54. The number of halogens is 1. The van der Waals surface area contributed by atoms with Crippen LogP contribution in [0.15, 0.2) is 16.6 Å². The van der Waals surface area contributed by atoms with Crippen molar-refractivity contribution in [2.75, 3.05) is 18.4 Å². The van der Waals surface area contributed by atoms with E-state index in [0.717, 1.165) is 6.54 Å². The Balaban J connectivity index is 2.29. The maximum atomic E-state index is 10.8. The maximum Gasteiger partial charge on any atom is 0.288 e. The molecule has 7 nitrogen and oxygen atoms in total. The monoisotopic (exact) mass is 340 g/mol. The molecule has 0 bridgehead atoms. The molecule has 0 spiro atoms. The third-order valence-electron chi connectivity index (χ3n) is 3.21. The fourth-order valence-electron chi connectivity index (χ4n) is 2.13. The van der Waals surface area contributed by atoms with E-state index in [1.165, 1.54) is 12.1 Å². The summed E-state index contributed by atoms with van der Waals surface area (Å²) < 4.78 is 0.340. The number of aliphatic hydroxyl groups excluding tert-OH is 1. The van der Waals surface area contributed by atoms with E-state index in [2.05, 4.69) is 26.6 Å². The van der Waals surface area contributed by atoms with Crippen molar-refractivity contribution >= 4 is 27.3 Å². The van der Waals surface area contributed by atoms with Gasteiger partial charge in [-0.1, -0.05) is 0 Å². The second-order valence-electron chi connectivity index (χ2n) is 4.50. The number of aliphatic hydroxyl groups is 1. The van der Waals surface area contributed by atoms with Crippen molar-refractivity contribution < 1.29 is 10.0 Å². The minimum absolute atomic E-state index is 0.0294. The molecule has 1 aliphatic rings. The summed E-state index contributed by atoms with van der Waals surface area (Å²) in [4.78, 5) is 10.3. The van der Waals surface area contributed by atoms with Crippen molar-refractivity contribution in [3.8, 4) is 6.07 Å². The van der Waals surface area contributed by atoms with Gasteiger partial charge in [0.25, 0.3) is 5.69 Å². The topological polar surface area (TPSA) is 111 Å². The number of nitro benzene ring substituents is 1. The van der Waals surface area contributed by atoms with Crippen LogP contribution in [0.2, 0.25) is 0 Å². The highest BCUT2D eigenvalue weighted by molar-refractivity contribution is 9.10. The number of nitriles is 1. The van der Waals surface area contributed by atoms with Gasteiger partial charge in [-0.3, -0.25) is 10.1 Å². The van der Waals surface area contributed by atoms with Gasteiger partial charge in [0.05, 0.1) is 27.2 Å². The maximum absolute atomic E-state index is 10.8. The molecule has 106 valence electrons. The zero-order chi connectivity index (χ0) is 14.7. The summed E-state index contributed by atoms with van der Waals surface area (Å²) in [6, 6.07) is 4.44. The molecule has 0 radical (unpaired) electrons. The van der Waals surface area contributed by atoms with Crippen LogP contribution in [0.25, 0.3) is 0 Å². The summed E-state index contributed by atoms with van der Waals surface area (Å²) >= 11 is 3.22. The van der Waals surface area contributed by atoms with Gasteiger partial charge in [0, 0.05) is 12.6 Å². The molecule has 1 fully saturated rings. The Bertz CT molecular complexity index is 573. The fourth-order valence-corrected chi connectivity index (χ4v) is 2.67. The standard InChI is InChI=1S/C12H13BrN4O3/c13-12-7(5-14)10(17(19)20)2-1-8(12)16-9-6-15-4-3-11(9)18/h1-2,9,11,15-16,18H,3-4,6H2. The highest BCUT2D eigenvalue weighted by Crippen LogP contribution is 2.33. The molecule has 0 amide bonds. The van der Waals surface area contributed by atoms with Crippen LogP contribution in [0.4, 0.5) is 11.4 Å². The van der Waals surface area contributed by atoms with E-state index in [1.807, 2.05) is 6.07 Å². The lowest BCUT2D eigenvalue weighted by Crippen LogP contribution is -2.48. The molecule has 20 heavy (non-hydrogen) atoms. The van der Waals surface area contributed by atoms with E-state index >= 15 is 0 Å². The van der Waals surface area contributed by atoms with E-state index < -0.39 is 11.0 Å². The summed E-state index contributed by atoms with van der Waals surface area (Å²) in [5.41, 5.74) is 0.283. The van der Waals surface area contributed by atoms with Gasteiger partial charge in [-0.25, -0.2) is 0 Å². The van der Waals surface area contributed by atoms with Crippen LogP contribution in [0.3, 0.4) is 0 Å². The van der Waals surface area contributed by atoms with Crippen LogP contribution in [-0.4, -0.2) is 35.3 Å². The molecule has 1 saturated heterocycles. The lowest BCUT2D eigenvalue weighted by atomic mass is 10.0. The zero-order valence-corrected chi connectivity index (χ0v) is 12.1. The first-order valence-electron chi connectivity index (χ1n) is 6.07. The predicted octanol–water partition coefficient (Wildman–Crippen LogP) is 1.36. The summed E-state index contributed by atoms with van der Waals surface area (Å²) in [6.07, 6.45) is 0.136. The molecule has 3 N–H and O–H groups in total. The van der Waals surface area contributed by atoms with Crippen molar-refractivity contribution in [1.82, 2.24) is 5.32 Å². The van der Waals surface area contributed by atoms with Crippen LogP contribution in [0.5, 0.6) is 0 Å².